The Kier molecular flexibility index (Phi) is 3.72. The summed E-state index contributed by atoms with van der Waals surface area (Å²) >= 11 is 0. The highest BCUT2D eigenvalue weighted by Crippen LogP contribution is 2.35. The van der Waals surface area contributed by atoms with Gasteiger partial charge in [-0.3, -0.25) is 4.79 Å². The standard InChI is InChI=1S/C10H10F4N2O/c11-5-1-2-6(8(15)4-9(16)17)7(3-5)10(12,13)14/h1-3,8H,4,15H2,(H2,16,17)/t8-/m1/s1. The molecule has 0 saturated carbocycles. The summed E-state index contributed by atoms with van der Waals surface area (Å²) in [5, 5.41) is 0. The number of alkyl halides is 3. The van der Waals surface area contributed by atoms with Crippen LogP contribution < -0.4 is 11.5 Å². The van der Waals surface area contributed by atoms with E-state index in [0.717, 1.165) is 12.1 Å². The molecule has 1 atom stereocenters. The molecule has 4 N–H and O–H groups in total. The number of benzene rings is 1. The summed E-state index contributed by atoms with van der Waals surface area (Å²) in [6, 6.07) is 0.901. The van der Waals surface area contributed by atoms with Gasteiger partial charge < -0.3 is 11.5 Å². The fourth-order valence-electron chi connectivity index (χ4n) is 1.42. The molecule has 0 aromatic heterocycles. The number of primary amides is 1. The number of amides is 1. The molecular formula is C10H10F4N2O. The van der Waals surface area contributed by atoms with Crippen molar-refractivity contribution in [3.8, 4) is 0 Å². The first-order valence-electron chi connectivity index (χ1n) is 4.62. The maximum Gasteiger partial charge on any atom is 0.416 e. The van der Waals surface area contributed by atoms with Crippen molar-refractivity contribution in [3.63, 3.8) is 0 Å². The first-order valence-corrected chi connectivity index (χ1v) is 4.62. The Bertz CT molecular complexity index is 431. The minimum absolute atomic E-state index is 0.343. The largest absolute Gasteiger partial charge is 0.416 e. The van der Waals surface area contributed by atoms with E-state index in [1.54, 1.807) is 0 Å². The summed E-state index contributed by atoms with van der Waals surface area (Å²) in [6.07, 6.45) is -5.17. The molecule has 0 spiro atoms. The Labute approximate surface area is 94.4 Å². The van der Waals surface area contributed by atoms with Crippen LogP contribution in [0.3, 0.4) is 0 Å². The number of carbonyl (C=O) groups is 1. The van der Waals surface area contributed by atoms with E-state index in [0.29, 0.717) is 6.07 Å². The normalized spacial score (nSPS) is 13.5. The van der Waals surface area contributed by atoms with E-state index >= 15 is 0 Å². The van der Waals surface area contributed by atoms with Gasteiger partial charge in [0.25, 0.3) is 0 Å². The van der Waals surface area contributed by atoms with Crippen LogP contribution in [0, 0.1) is 5.82 Å². The molecule has 1 aromatic carbocycles. The third-order valence-corrected chi connectivity index (χ3v) is 2.14. The third-order valence-electron chi connectivity index (χ3n) is 2.14. The zero-order chi connectivity index (χ0) is 13.2. The SMILES string of the molecule is NC(=O)C[C@@H](N)c1ccc(F)cc1C(F)(F)F. The average Bonchev–Trinajstić information content (AvgIpc) is 2.14. The van der Waals surface area contributed by atoms with Crippen molar-refractivity contribution in [2.24, 2.45) is 11.5 Å². The number of halogens is 4. The fraction of sp³-hybridized carbons (Fsp3) is 0.300. The van der Waals surface area contributed by atoms with Gasteiger partial charge in [0.05, 0.1) is 5.56 Å². The molecule has 17 heavy (non-hydrogen) atoms. The fourth-order valence-corrected chi connectivity index (χ4v) is 1.42. The van der Waals surface area contributed by atoms with Crippen LogP contribution in [0.1, 0.15) is 23.6 Å². The van der Waals surface area contributed by atoms with E-state index in [2.05, 4.69) is 0 Å². The van der Waals surface area contributed by atoms with Crippen LogP contribution in [0.25, 0.3) is 0 Å². The molecule has 1 aromatic rings. The quantitative estimate of drug-likeness (QED) is 0.802. The van der Waals surface area contributed by atoms with Gasteiger partial charge in [-0.2, -0.15) is 13.2 Å². The van der Waals surface area contributed by atoms with E-state index in [4.69, 9.17) is 11.5 Å². The molecule has 0 heterocycles. The molecule has 0 aliphatic rings. The van der Waals surface area contributed by atoms with Gasteiger partial charge in [-0.15, -0.1) is 0 Å². The Balaban J connectivity index is 3.19. The molecule has 1 amide bonds. The smallest absolute Gasteiger partial charge is 0.370 e. The Morgan fingerprint density at radius 3 is 2.41 bits per heavy atom. The highest BCUT2D eigenvalue weighted by atomic mass is 19.4. The van der Waals surface area contributed by atoms with E-state index in [1.165, 1.54) is 0 Å². The summed E-state index contributed by atoms with van der Waals surface area (Å²) in [6.45, 7) is 0. The molecule has 0 saturated heterocycles. The van der Waals surface area contributed by atoms with Gasteiger partial charge >= 0.3 is 6.18 Å². The van der Waals surface area contributed by atoms with Gasteiger partial charge in [-0.25, -0.2) is 4.39 Å². The van der Waals surface area contributed by atoms with Crippen LogP contribution in [-0.4, -0.2) is 5.91 Å². The Morgan fingerprint density at radius 2 is 1.94 bits per heavy atom. The molecule has 0 unspecified atom stereocenters. The van der Waals surface area contributed by atoms with Crippen LogP contribution in [0.15, 0.2) is 18.2 Å². The Morgan fingerprint density at radius 1 is 1.35 bits per heavy atom. The first-order chi connectivity index (χ1) is 7.71. The summed E-state index contributed by atoms with van der Waals surface area (Å²) < 4.78 is 50.5. The van der Waals surface area contributed by atoms with Crippen LogP contribution >= 0.6 is 0 Å². The zero-order valence-electron chi connectivity index (χ0n) is 8.59. The van der Waals surface area contributed by atoms with Crippen molar-refractivity contribution >= 4 is 5.91 Å². The number of nitrogens with two attached hydrogens (primary N) is 2. The van der Waals surface area contributed by atoms with Crippen LogP contribution in [0.2, 0.25) is 0 Å². The van der Waals surface area contributed by atoms with E-state index in [9.17, 15) is 22.4 Å². The minimum atomic E-state index is -4.73. The van der Waals surface area contributed by atoms with Crippen molar-refractivity contribution in [2.45, 2.75) is 18.6 Å². The lowest BCUT2D eigenvalue weighted by Gasteiger charge is -2.17. The predicted molar refractivity (Wildman–Crippen MR) is 52.1 cm³/mol. The second-order valence-corrected chi connectivity index (χ2v) is 3.51. The highest BCUT2D eigenvalue weighted by molar-refractivity contribution is 5.74. The molecule has 0 radical (unpaired) electrons. The van der Waals surface area contributed by atoms with Gasteiger partial charge in [0, 0.05) is 12.5 Å². The highest BCUT2D eigenvalue weighted by Gasteiger charge is 2.35. The molecular weight excluding hydrogens is 240 g/mol. The molecule has 7 heteroatoms. The summed E-state index contributed by atoms with van der Waals surface area (Å²) in [4.78, 5) is 10.6. The van der Waals surface area contributed by atoms with Crippen LogP contribution in [-0.2, 0) is 11.0 Å². The average molecular weight is 250 g/mol. The lowest BCUT2D eigenvalue weighted by Crippen LogP contribution is -2.23. The van der Waals surface area contributed by atoms with Crippen LogP contribution in [0.5, 0.6) is 0 Å². The zero-order valence-corrected chi connectivity index (χ0v) is 8.59. The van der Waals surface area contributed by atoms with Crippen LogP contribution in [0.4, 0.5) is 17.6 Å². The second-order valence-electron chi connectivity index (χ2n) is 3.51. The molecule has 0 aliphatic carbocycles. The van der Waals surface area contributed by atoms with Crippen molar-refractivity contribution < 1.29 is 22.4 Å². The summed E-state index contributed by atoms with van der Waals surface area (Å²) in [5.74, 6) is -1.85. The van der Waals surface area contributed by atoms with Gasteiger partial charge in [0.2, 0.25) is 5.91 Å². The number of hydrogen-bond donors (Lipinski definition) is 2. The second kappa shape index (κ2) is 4.70. The van der Waals surface area contributed by atoms with Crippen molar-refractivity contribution in [1.29, 1.82) is 0 Å². The summed E-state index contributed by atoms with van der Waals surface area (Å²) in [7, 11) is 0. The number of carbonyl (C=O) groups excluding carboxylic acids is 1. The molecule has 0 fully saturated rings. The maximum atomic E-state index is 12.8. The molecule has 0 bridgehead atoms. The van der Waals surface area contributed by atoms with Gasteiger partial charge in [0.1, 0.15) is 5.82 Å². The van der Waals surface area contributed by atoms with Gasteiger partial charge in [-0.05, 0) is 17.7 Å². The molecule has 94 valence electrons. The lowest BCUT2D eigenvalue weighted by atomic mass is 9.98. The van der Waals surface area contributed by atoms with E-state index in [1.807, 2.05) is 0 Å². The Hall–Kier alpha value is -1.63. The summed E-state index contributed by atoms with van der Waals surface area (Å²) in [5.41, 5.74) is 8.73. The lowest BCUT2D eigenvalue weighted by molar-refractivity contribution is -0.138. The predicted octanol–water partition coefficient (Wildman–Crippen LogP) is 1.72. The van der Waals surface area contributed by atoms with Gasteiger partial charge in [-0.1, -0.05) is 6.07 Å². The molecule has 3 nitrogen and oxygen atoms in total. The maximum absolute atomic E-state index is 12.8. The van der Waals surface area contributed by atoms with Crippen molar-refractivity contribution in [2.75, 3.05) is 0 Å². The molecule has 0 aliphatic heterocycles. The third kappa shape index (κ3) is 3.42. The van der Waals surface area contributed by atoms with Crippen molar-refractivity contribution in [1.82, 2.24) is 0 Å². The number of rotatable bonds is 3. The number of hydrogen-bond acceptors (Lipinski definition) is 2. The molecule has 1 rings (SSSR count). The van der Waals surface area contributed by atoms with E-state index in [-0.39, 0.29) is 5.56 Å². The topological polar surface area (TPSA) is 69.1 Å². The van der Waals surface area contributed by atoms with Crippen molar-refractivity contribution in [3.05, 3.63) is 35.1 Å². The monoisotopic (exact) mass is 250 g/mol. The van der Waals surface area contributed by atoms with E-state index < -0.39 is 35.9 Å². The first kappa shape index (κ1) is 13.4. The minimum Gasteiger partial charge on any atom is -0.370 e. The van der Waals surface area contributed by atoms with Gasteiger partial charge in [0.15, 0.2) is 0 Å².